The summed E-state index contributed by atoms with van der Waals surface area (Å²) >= 11 is 1.47. The van der Waals surface area contributed by atoms with Crippen molar-refractivity contribution in [1.82, 2.24) is 15.3 Å². The molecule has 24 heavy (non-hydrogen) atoms. The second-order valence-corrected chi connectivity index (χ2v) is 5.95. The number of carbonyl (C=O) groups is 1. The van der Waals surface area contributed by atoms with E-state index in [1.807, 2.05) is 23.6 Å². The van der Waals surface area contributed by atoms with Crippen molar-refractivity contribution in [2.24, 2.45) is 0 Å². The van der Waals surface area contributed by atoms with E-state index in [9.17, 15) is 13.6 Å². The molecule has 1 N–H and O–H groups in total. The molecule has 3 aromatic rings. The number of carbonyl (C=O) groups excluding carboxylic acids is 1. The molecule has 0 unspecified atom stereocenters. The highest BCUT2D eigenvalue weighted by Crippen LogP contribution is 2.19. The highest BCUT2D eigenvalue weighted by atomic mass is 32.1. The Labute approximate surface area is 141 Å². The van der Waals surface area contributed by atoms with E-state index in [4.69, 9.17) is 0 Å². The molecule has 0 saturated carbocycles. The van der Waals surface area contributed by atoms with Gasteiger partial charge in [-0.2, -0.15) is 0 Å². The van der Waals surface area contributed by atoms with E-state index in [1.54, 1.807) is 6.20 Å². The van der Waals surface area contributed by atoms with E-state index >= 15 is 0 Å². The maximum Gasteiger partial charge on any atom is 0.251 e. The van der Waals surface area contributed by atoms with Crippen LogP contribution >= 0.6 is 11.3 Å². The fraction of sp³-hybridized carbons (Fsp3) is 0.118. The highest BCUT2D eigenvalue weighted by Gasteiger charge is 2.10. The molecule has 1 amide bonds. The van der Waals surface area contributed by atoms with Crippen LogP contribution in [-0.2, 0) is 6.42 Å². The van der Waals surface area contributed by atoms with Crippen molar-refractivity contribution >= 4 is 17.2 Å². The van der Waals surface area contributed by atoms with E-state index in [-0.39, 0.29) is 5.56 Å². The minimum Gasteiger partial charge on any atom is -0.352 e. The van der Waals surface area contributed by atoms with Crippen molar-refractivity contribution in [1.29, 1.82) is 0 Å². The molecular weight excluding hydrogens is 332 g/mol. The lowest BCUT2D eigenvalue weighted by atomic mass is 10.2. The van der Waals surface area contributed by atoms with Gasteiger partial charge in [0.05, 0.1) is 16.4 Å². The molecule has 0 spiro atoms. The normalized spacial score (nSPS) is 10.6. The minimum absolute atomic E-state index is 0.0409. The number of aromatic nitrogens is 2. The lowest BCUT2D eigenvalue weighted by Crippen LogP contribution is -2.25. The number of nitrogens with zero attached hydrogens (tertiary/aromatic N) is 2. The van der Waals surface area contributed by atoms with Crippen LogP contribution in [0.5, 0.6) is 0 Å². The third-order valence-corrected chi connectivity index (χ3v) is 4.14. The van der Waals surface area contributed by atoms with Gasteiger partial charge < -0.3 is 5.32 Å². The minimum atomic E-state index is -0.778. The van der Waals surface area contributed by atoms with Gasteiger partial charge in [-0.25, -0.2) is 13.8 Å². The van der Waals surface area contributed by atoms with Crippen LogP contribution in [0.2, 0.25) is 0 Å². The van der Waals surface area contributed by atoms with Crippen LogP contribution in [0.15, 0.2) is 48.0 Å². The van der Waals surface area contributed by atoms with Crippen LogP contribution in [0, 0.1) is 11.6 Å². The Hall–Kier alpha value is -2.67. The summed E-state index contributed by atoms with van der Waals surface area (Å²) in [6.07, 6.45) is 2.23. The summed E-state index contributed by atoms with van der Waals surface area (Å²) in [5.74, 6) is -2.07. The molecule has 0 aliphatic rings. The average Bonchev–Trinajstić information content (AvgIpc) is 3.03. The molecule has 0 aliphatic carbocycles. The molecule has 3 rings (SSSR count). The second-order valence-electron chi connectivity index (χ2n) is 5.01. The summed E-state index contributed by atoms with van der Waals surface area (Å²) in [4.78, 5) is 20.6. The summed E-state index contributed by atoms with van der Waals surface area (Å²) in [7, 11) is 0. The van der Waals surface area contributed by atoms with Crippen molar-refractivity contribution in [3.8, 4) is 11.4 Å². The molecule has 0 atom stereocenters. The Morgan fingerprint density at radius 1 is 1.12 bits per heavy atom. The van der Waals surface area contributed by atoms with Gasteiger partial charge >= 0.3 is 0 Å². The Kier molecular flexibility index (Phi) is 4.90. The van der Waals surface area contributed by atoms with Gasteiger partial charge in [-0.15, -0.1) is 11.3 Å². The first-order chi connectivity index (χ1) is 11.6. The van der Waals surface area contributed by atoms with Gasteiger partial charge in [0.15, 0.2) is 0 Å². The van der Waals surface area contributed by atoms with Crippen molar-refractivity contribution in [2.75, 3.05) is 6.54 Å². The number of hydrogen-bond acceptors (Lipinski definition) is 4. The smallest absolute Gasteiger partial charge is 0.251 e. The Morgan fingerprint density at radius 3 is 2.62 bits per heavy atom. The van der Waals surface area contributed by atoms with Crippen LogP contribution in [-0.4, -0.2) is 22.4 Å². The van der Waals surface area contributed by atoms with Gasteiger partial charge in [0.2, 0.25) is 0 Å². The number of hydrogen-bond donors (Lipinski definition) is 1. The van der Waals surface area contributed by atoms with Gasteiger partial charge in [0.1, 0.15) is 11.6 Å². The Morgan fingerprint density at radius 2 is 1.92 bits per heavy atom. The van der Waals surface area contributed by atoms with Crippen LogP contribution in [0.3, 0.4) is 0 Å². The molecule has 122 valence electrons. The van der Waals surface area contributed by atoms with E-state index in [0.717, 1.165) is 34.6 Å². The third-order valence-electron chi connectivity index (χ3n) is 3.23. The van der Waals surface area contributed by atoms with Gasteiger partial charge in [-0.1, -0.05) is 6.07 Å². The Balaban J connectivity index is 1.57. The summed E-state index contributed by atoms with van der Waals surface area (Å²) in [6.45, 7) is 0.326. The van der Waals surface area contributed by atoms with Crippen LogP contribution in [0.25, 0.3) is 11.4 Å². The van der Waals surface area contributed by atoms with Gasteiger partial charge in [0.25, 0.3) is 5.91 Å². The van der Waals surface area contributed by atoms with Crippen LogP contribution < -0.4 is 5.32 Å². The predicted molar refractivity (Wildman–Crippen MR) is 87.7 cm³/mol. The van der Waals surface area contributed by atoms with E-state index in [1.165, 1.54) is 11.3 Å². The maximum atomic E-state index is 13.1. The van der Waals surface area contributed by atoms with E-state index in [0.29, 0.717) is 13.0 Å². The van der Waals surface area contributed by atoms with Crippen LogP contribution in [0.4, 0.5) is 8.78 Å². The maximum absolute atomic E-state index is 13.1. The molecule has 0 saturated heterocycles. The number of pyridine rings is 1. The fourth-order valence-corrected chi connectivity index (χ4v) is 2.92. The number of thiazole rings is 1. The van der Waals surface area contributed by atoms with Crippen LogP contribution in [0.1, 0.15) is 15.4 Å². The number of amides is 1. The molecular formula is C17H13F2N3OS. The van der Waals surface area contributed by atoms with E-state index in [2.05, 4.69) is 15.3 Å². The molecule has 0 fully saturated rings. The number of halogens is 2. The number of benzene rings is 1. The predicted octanol–water partition coefficient (Wildman–Crippen LogP) is 3.46. The molecule has 0 aliphatic heterocycles. The SMILES string of the molecule is O=C(NCCc1nc(-c2ccccn2)cs1)c1cc(F)cc(F)c1. The average molecular weight is 345 g/mol. The standard InChI is InChI=1S/C17H13F2N3OS/c18-12-7-11(8-13(19)9-12)17(23)21-6-4-16-22-15(10-24-16)14-3-1-2-5-20-14/h1-3,5,7-10H,4,6H2,(H,21,23). The zero-order valence-electron chi connectivity index (χ0n) is 12.5. The van der Waals surface area contributed by atoms with Gasteiger partial charge in [-0.05, 0) is 24.3 Å². The summed E-state index contributed by atoms with van der Waals surface area (Å²) in [6, 6.07) is 8.33. The van der Waals surface area contributed by atoms with Gasteiger partial charge in [0, 0.05) is 36.2 Å². The molecule has 1 aromatic carbocycles. The quantitative estimate of drug-likeness (QED) is 0.770. The molecule has 0 bridgehead atoms. The first-order valence-corrected chi connectivity index (χ1v) is 8.10. The zero-order chi connectivity index (χ0) is 16.9. The second kappa shape index (κ2) is 7.27. The largest absolute Gasteiger partial charge is 0.352 e. The Bertz CT molecular complexity index is 832. The van der Waals surface area contributed by atoms with Crippen molar-refractivity contribution in [3.05, 3.63) is 70.2 Å². The topological polar surface area (TPSA) is 54.9 Å². The third kappa shape index (κ3) is 3.99. The molecule has 2 aromatic heterocycles. The van der Waals surface area contributed by atoms with Crippen molar-refractivity contribution < 1.29 is 13.6 Å². The van der Waals surface area contributed by atoms with Crippen molar-refractivity contribution in [3.63, 3.8) is 0 Å². The van der Waals surface area contributed by atoms with Gasteiger partial charge in [-0.3, -0.25) is 9.78 Å². The first-order valence-electron chi connectivity index (χ1n) is 7.22. The zero-order valence-corrected chi connectivity index (χ0v) is 13.3. The number of nitrogens with one attached hydrogen (secondary N) is 1. The fourth-order valence-electron chi connectivity index (χ4n) is 2.13. The molecule has 4 nitrogen and oxygen atoms in total. The van der Waals surface area contributed by atoms with E-state index < -0.39 is 17.5 Å². The lowest BCUT2D eigenvalue weighted by Gasteiger charge is -2.04. The first kappa shape index (κ1) is 16.2. The van der Waals surface area contributed by atoms with Crippen molar-refractivity contribution in [2.45, 2.75) is 6.42 Å². The summed E-state index contributed by atoms with van der Waals surface area (Å²) < 4.78 is 26.2. The molecule has 0 radical (unpaired) electrons. The lowest BCUT2D eigenvalue weighted by molar-refractivity contribution is 0.0953. The number of rotatable bonds is 5. The summed E-state index contributed by atoms with van der Waals surface area (Å²) in [5, 5.41) is 5.38. The molecule has 7 heteroatoms. The monoisotopic (exact) mass is 345 g/mol. The molecule has 2 heterocycles. The summed E-state index contributed by atoms with van der Waals surface area (Å²) in [5.41, 5.74) is 1.54. The highest BCUT2D eigenvalue weighted by molar-refractivity contribution is 7.09.